The highest BCUT2D eigenvalue weighted by Crippen LogP contribution is 2.46. The zero-order valence-corrected chi connectivity index (χ0v) is 14.5. The second-order valence-corrected chi connectivity index (χ2v) is 7.60. The largest absolute Gasteiger partial charge is 0.523 e. The summed E-state index contributed by atoms with van der Waals surface area (Å²) in [4.78, 5) is 38.0. The molecule has 1 heterocycles. The number of carbonyl (C=O) groups excluding carboxylic acids is 3. The third-order valence-electron chi connectivity index (χ3n) is 4.46. The van der Waals surface area contributed by atoms with E-state index in [9.17, 15) is 36.0 Å². The van der Waals surface area contributed by atoms with Crippen molar-refractivity contribution in [3.63, 3.8) is 0 Å². The molecule has 1 aromatic carbocycles. The zero-order chi connectivity index (χ0) is 20.2. The number of ether oxygens (including phenoxy) is 1. The van der Waals surface area contributed by atoms with Crippen molar-refractivity contribution in [1.29, 1.82) is 0 Å². The molecule has 1 saturated carbocycles. The highest BCUT2D eigenvalue weighted by molar-refractivity contribution is 7.87. The monoisotopic (exact) mass is 407 g/mol. The highest BCUT2D eigenvalue weighted by Gasteiger charge is 2.63. The Morgan fingerprint density at radius 1 is 1.15 bits per heavy atom. The third-order valence-corrected chi connectivity index (χ3v) is 5.56. The van der Waals surface area contributed by atoms with Crippen LogP contribution < -0.4 is 0 Å². The van der Waals surface area contributed by atoms with Crippen molar-refractivity contribution in [2.75, 3.05) is 7.11 Å². The van der Waals surface area contributed by atoms with Gasteiger partial charge in [0.25, 0.3) is 11.8 Å². The lowest BCUT2D eigenvalue weighted by molar-refractivity contribution is -0.164. The van der Waals surface area contributed by atoms with Gasteiger partial charge in [-0.3, -0.25) is 18.7 Å². The van der Waals surface area contributed by atoms with E-state index in [4.69, 9.17) is 0 Å². The van der Waals surface area contributed by atoms with Gasteiger partial charge in [-0.2, -0.15) is 21.6 Å². The van der Waals surface area contributed by atoms with Crippen LogP contribution in [0.25, 0.3) is 0 Å². The maximum absolute atomic E-state index is 12.6. The van der Waals surface area contributed by atoms with Crippen LogP contribution in [0.5, 0.6) is 0 Å². The molecule has 0 aromatic heterocycles. The highest BCUT2D eigenvalue weighted by atomic mass is 32.2. The van der Waals surface area contributed by atoms with Crippen molar-refractivity contribution in [3.8, 4) is 0 Å². The average Bonchev–Trinajstić information content (AvgIpc) is 2.81. The van der Waals surface area contributed by atoms with Gasteiger partial charge in [-0.1, -0.05) is 12.1 Å². The molecule has 8 nitrogen and oxygen atoms in total. The minimum Gasteiger partial charge on any atom is -0.467 e. The van der Waals surface area contributed by atoms with E-state index in [1.807, 2.05) is 0 Å². The quantitative estimate of drug-likeness (QED) is 0.320. The van der Waals surface area contributed by atoms with Crippen molar-refractivity contribution in [1.82, 2.24) is 4.90 Å². The molecule has 12 heteroatoms. The number of imide groups is 1. The minimum atomic E-state index is -5.89. The summed E-state index contributed by atoms with van der Waals surface area (Å²) >= 11 is 0. The van der Waals surface area contributed by atoms with Crippen molar-refractivity contribution in [2.24, 2.45) is 0 Å². The summed E-state index contributed by atoms with van der Waals surface area (Å²) in [6, 6.07) is 5.73. The Morgan fingerprint density at radius 3 is 2.04 bits per heavy atom. The first kappa shape index (κ1) is 19.3. The molecule has 0 unspecified atom stereocenters. The van der Waals surface area contributed by atoms with Crippen LogP contribution in [0.1, 0.15) is 33.6 Å². The summed E-state index contributed by atoms with van der Waals surface area (Å²) in [7, 11) is -4.91. The number of rotatable bonds is 4. The van der Waals surface area contributed by atoms with Gasteiger partial charge in [-0.05, 0) is 12.1 Å². The van der Waals surface area contributed by atoms with E-state index in [0.717, 1.165) is 7.11 Å². The Bertz CT molecular complexity index is 900. The SMILES string of the molecule is COC(=O)[C@]1(N2C(=O)c3ccccc3C2=O)C[C@H](OS(=O)(=O)C(F)(F)F)C1. The molecule has 3 rings (SSSR count). The number of carbonyl (C=O) groups is 3. The van der Waals surface area contributed by atoms with E-state index in [0.29, 0.717) is 4.90 Å². The number of amides is 2. The van der Waals surface area contributed by atoms with Crippen LogP contribution in [0.15, 0.2) is 24.3 Å². The molecular formula is C15H12F3NO7S. The molecule has 1 aromatic rings. The van der Waals surface area contributed by atoms with Crippen LogP contribution in [0.4, 0.5) is 13.2 Å². The van der Waals surface area contributed by atoms with E-state index >= 15 is 0 Å². The fourth-order valence-electron chi connectivity index (χ4n) is 3.20. The summed E-state index contributed by atoms with van der Waals surface area (Å²) in [5, 5.41) is 0. The Morgan fingerprint density at radius 2 is 1.63 bits per heavy atom. The second-order valence-electron chi connectivity index (χ2n) is 6.04. The summed E-state index contributed by atoms with van der Waals surface area (Å²) in [6.45, 7) is 0. The third kappa shape index (κ3) is 2.79. The lowest BCUT2D eigenvalue weighted by Gasteiger charge is -2.48. The molecule has 1 aliphatic heterocycles. The number of hydrogen-bond donors (Lipinski definition) is 0. The Hall–Kier alpha value is -2.47. The fourth-order valence-corrected chi connectivity index (χ4v) is 3.81. The van der Waals surface area contributed by atoms with Crippen molar-refractivity contribution >= 4 is 27.9 Å². The number of benzene rings is 1. The normalized spacial score (nSPS) is 25.2. The number of methoxy groups -OCH3 is 1. The molecule has 1 fully saturated rings. The topological polar surface area (TPSA) is 107 Å². The minimum absolute atomic E-state index is 0.0260. The van der Waals surface area contributed by atoms with Crippen molar-refractivity contribution in [2.45, 2.75) is 30.0 Å². The number of halogens is 3. The molecule has 2 amide bonds. The van der Waals surface area contributed by atoms with Crippen LogP contribution in [0, 0.1) is 0 Å². The first-order chi connectivity index (χ1) is 12.4. The zero-order valence-electron chi connectivity index (χ0n) is 13.6. The fraction of sp³-hybridized carbons (Fsp3) is 0.400. The van der Waals surface area contributed by atoms with Gasteiger partial charge >= 0.3 is 21.6 Å². The first-order valence-electron chi connectivity index (χ1n) is 7.50. The lowest BCUT2D eigenvalue weighted by atomic mass is 9.72. The van der Waals surface area contributed by atoms with Gasteiger partial charge < -0.3 is 4.74 Å². The van der Waals surface area contributed by atoms with Crippen molar-refractivity contribution < 1.29 is 44.9 Å². The molecule has 0 spiro atoms. The van der Waals surface area contributed by atoms with E-state index in [1.165, 1.54) is 24.3 Å². The van der Waals surface area contributed by atoms with Gasteiger partial charge in [0.15, 0.2) is 5.54 Å². The number of hydrogen-bond acceptors (Lipinski definition) is 7. The molecule has 0 radical (unpaired) electrons. The van der Waals surface area contributed by atoms with E-state index in [1.54, 1.807) is 0 Å². The number of fused-ring (bicyclic) bond motifs is 1. The maximum atomic E-state index is 12.6. The molecule has 0 atom stereocenters. The second kappa shape index (κ2) is 6.02. The van der Waals surface area contributed by atoms with E-state index in [2.05, 4.69) is 8.92 Å². The smallest absolute Gasteiger partial charge is 0.467 e. The van der Waals surface area contributed by atoms with E-state index in [-0.39, 0.29) is 11.1 Å². The predicted molar refractivity (Wildman–Crippen MR) is 80.8 cm³/mol. The summed E-state index contributed by atoms with van der Waals surface area (Å²) < 4.78 is 68.3. The molecule has 0 bridgehead atoms. The molecule has 27 heavy (non-hydrogen) atoms. The van der Waals surface area contributed by atoms with E-state index < -0.39 is 57.9 Å². The van der Waals surface area contributed by atoms with Gasteiger partial charge in [0.05, 0.1) is 24.3 Å². The molecule has 0 saturated heterocycles. The van der Waals surface area contributed by atoms with Gasteiger partial charge in [-0.25, -0.2) is 4.79 Å². The van der Waals surface area contributed by atoms with Crippen LogP contribution in [0.3, 0.4) is 0 Å². The number of alkyl halides is 3. The van der Waals surface area contributed by atoms with Crippen LogP contribution in [0.2, 0.25) is 0 Å². The first-order valence-corrected chi connectivity index (χ1v) is 8.91. The Kier molecular flexibility index (Phi) is 4.30. The maximum Gasteiger partial charge on any atom is 0.523 e. The Balaban J connectivity index is 1.90. The lowest BCUT2D eigenvalue weighted by Crippen LogP contribution is -2.67. The molecule has 2 aliphatic rings. The predicted octanol–water partition coefficient (Wildman–Crippen LogP) is 1.22. The van der Waals surface area contributed by atoms with Crippen LogP contribution in [-0.4, -0.2) is 55.4 Å². The van der Waals surface area contributed by atoms with Gasteiger partial charge in [0.2, 0.25) is 0 Å². The Labute approximate surface area is 151 Å². The summed E-state index contributed by atoms with van der Waals surface area (Å²) in [6.07, 6.45) is -2.82. The number of nitrogens with zero attached hydrogens (tertiary/aromatic N) is 1. The van der Waals surface area contributed by atoms with Crippen LogP contribution >= 0.6 is 0 Å². The summed E-state index contributed by atoms with van der Waals surface area (Å²) in [5.41, 5.74) is -7.52. The molecule has 0 N–H and O–H groups in total. The van der Waals surface area contributed by atoms with Gasteiger partial charge in [-0.15, -0.1) is 0 Å². The summed E-state index contributed by atoms with van der Waals surface area (Å²) in [5.74, 6) is -2.70. The average molecular weight is 407 g/mol. The molecular weight excluding hydrogens is 395 g/mol. The molecule has 1 aliphatic carbocycles. The van der Waals surface area contributed by atoms with Gasteiger partial charge in [0.1, 0.15) is 0 Å². The van der Waals surface area contributed by atoms with Crippen molar-refractivity contribution in [3.05, 3.63) is 35.4 Å². The standard InChI is InChI=1S/C15H12F3NO7S/c1-25-13(22)14(6-8(7-14)26-27(23,24)15(16,17)18)19-11(20)9-4-2-3-5-10(9)12(19)21/h2-5,8H,6-7H2,1H3/t8-,14-. The van der Waals surface area contributed by atoms with Crippen LogP contribution in [-0.2, 0) is 23.8 Å². The number of esters is 1. The molecule has 146 valence electrons. The van der Waals surface area contributed by atoms with Gasteiger partial charge in [0, 0.05) is 12.8 Å².